The molecule has 0 atom stereocenters. The molecule has 0 fully saturated rings. The largest absolute Gasteiger partial charge is 0.393 e. The molecule has 0 amide bonds. The first-order chi connectivity index (χ1) is 10.2. The third-order valence-electron chi connectivity index (χ3n) is 3.15. The Morgan fingerprint density at radius 2 is 1.76 bits per heavy atom. The van der Waals surface area contributed by atoms with Gasteiger partial charge in [-0.2, -0.15) is 0 Å². The van der Waals surface area contributed by atoms with Gasteiger partial charge in [-0.15, -0.1) is 0 Å². The number of nitrogens with one attached hydrogen (secondary N) is 1. The Labute approximate surface area is 120 Å². The van der Waals surface area contributed by atoms with Crippen molar-refractivity contribution in [2.24, 2.45) is 0 Å². The molecule has 0 radical (unpaired) electrons. The van der Waals surface area contributed by atoms with E-state index in [1.54, 1.807) is 18.3 Å². The smallest absolute Gasteiger partial charge is 0.315 e. The first-order valence-corrected chi connectivity index (χ1v) is 6.30. The Kier molecular flexibility index (Phi) is 3.12. The Balaban J connectivity index is 2.12. The quantitative estimate of drug-likeness (QED) is 0.435. The second-order valence-electron chi connectivity index (χ2n) is 4.51. The Morgan fingerprint density at radius 1 is 1.05 bits per heavy atom. The number of nitrogens with zero attached hydrogens (tertiary/aromatic N) is 2. The van der Waals surface area contributed by atoms with Crippen LogP contribution in [0.4, 0.5) is 22.7 Å². The first-order valence-electron chi connectivity index (χ1n) is 6.30. The molecule has 0 aliphatic heterocycles. The average Bonchev–Trinajstić information content (AvgIpc) is 2.47. The number of hydrogen-bond acceptors (Lipinski definition) is 5. The minimum Gasteiger partial charge on any atom is -0.393 e. The summed E-state index contributed by atoms with van der Waals surface area (Å²) in [5, 5.41) is 15.2. The fraction of sp³-hybridized carbons (Fsp3) is 0. The number of rotatable bonds is 3. The zero-order chi connectivity index (χ0) is 14.8. The molecule has 104 valence electrons. The minimum absolute atomic E-state index is 0.123. The lowest BCUT2D eigenvalue weighted by Crippen LogP contribution is -2.01. The van der Waals surface area contributed by atoms with E-state index in [4.69, 9.17) is 5.73 Å². The highest BCUT2D eigenvalue weighted by Crippen LogP contribution is 2.34. The van der Waals surface area contributed by atoms with E-state index in [1.165, 1.54) is 6.07 Å². The monoisotopic (exact) mass is 280 g/mol. The van der Waals surface area contributed by atoms with Gasteiger partial charge in [0.1, 0.15) is 11.4 Å². The molecular formula is C15H12N4O2. The second-order valence-corrected chi connectivity index (χ2v) is 4.51. The molecule has 0 aliphatic rings. The van der Waals surface area contributed by atoms with Crippen LogP contribution in [-0.4, -0.2) is 9.91 Å². The van der Waals surface area contributed by atoms with Gasteiger partial charge in [-0.25, -0.2) is 0 Å². The maximum Gasteiger partial charge on any atom is 0.315 e. The number of nitro groups is 1. The van der Waals surface area contributed by atoms with Crippen molar-refractivity contribution >= 4 is 33.7 Å². The van der Waals surface area contributed by atoms with E-state index in [0.29, 0.717) is 11.4 Å². The Bertz CT molecular complexity index is 828. The molecule has 0 aliphatic carbocycles. The van der Waals surface area contributed by atoms with Gasteiger partial charge in [-0.05, 0) is 24.3 Å². The maximum atomic E-state index is 11.2. The molecule has 3 aromatic rings. The topological polar surface area (TPSA) is 94.1 Å². The molecule has 6 heteroatoms. The molecule has 3 N–H and O–H groups in total. The predicted molar refractivity (Wildman–Crippen MR) is 82.5 cm³/mol. The summed E-state index contributed by atoms with van der Waals surface area (Å²) in [6.45, 7) is 0. The standard InChI is InChI=1S/C15H12N4O2/c16-11-6-2-8-13(15(11)19(20)21)18-12-7-1-4-10-5-3-9-17-14(10)12/h1-9,18H,16H2. The van der Waals surface area contributed by atoms with Gasteiger partial charge in [-0.1, -0.05) is 24.3 Å². The highest BCUT2D eigenvalue weighted by molar-refractivity contribution is 5.93. The fourth-order valence-corrected chi connectivity index (χ4v) is 2.22. The van der Waals surface area contributed by atoms with Crippen LogP contribution in [0, 0.1) is 10.1 Å². The van der Waals surface area contributed by atoms with Crippen LogP contribution in [0.3, 0.4) is 0 Å². The predicted octanol–water partition coefficient (Wildman–Crippen LogP) is 3.47. The second kappa shape index (κ2) is 5.09. The molecule has 0 bridgehead atoms. The number of para-hydroxylation sites is 2. The third kappa shape index (κ3) is 2.34. The number of nitro benzene ring substituents is 1. The number of hydrogen-bond donors (Lipinski definition) is 2. The molecule has 0 unspecified atom stereocenters. The zero-order valence-electron chi connectivity index (χ0n) is 11.0. The molecule has 1 heterocycles. The molecule has 21 heavy (non-hydrogen) atoms. The van der Waals surface area contributed by atoms with Crippen LogP contribution in [0.15, 0.2) is 54.7 Å². The third-order valence-corrected chi connectivity index (χ3v) is 3.15. The Hall–Kier alpha value is -3.15. The van der Waals surface area contributed by atoms with Gasteiger partial charge >= 0.3 is 5.69 Å². The van der Waals surface area contributed by atoms with Crippen LogP contribution in [-0.2, 0) is 0 Å². The summed E-state index contributed by atoms with van der Waals surface area (Å²) in [6.07, 6.45) is 1.68. The summed E-state index contributed by atoms with van der Waals surface area (Å²) in [5.74, 6) is 0. The molecule has 6 nitrogen and oxygen atoms in total. The number of fused-ring (bicyclic) bond motifs is 1. The van der Waals surface area contributed by atoms with Crippen molar-refractivity contribution in [3.63, 3.8) is 0 Å². The van der Waals surface area contributed by atoms with Crippen molar-refractivity contribution in [2.45, 2.75) is 0 Å². The highest BCUT2D eigenvalue weighted by Gasteiger charge is 2.18. The van der Waals surface area contributed by atoms with E-state index in [9.17, 15) is 10.1 Å². The van der Waals surface area contributed by atoms with Crippen LogP contribution in [0.2, 0.25) is 0 Å². The van der Waals surface area contributed by atoms with Crippen molar-refractivity contribution < 1.29 is 4.92 Å². The summed E-state index contributed by atoms with van der Waals surface area (Å²) >= 11 is 0. The van der Waals surface area contributed by atoms with Gasteiger partial charge in [0.15, 0.2) is 0 Å². The number of nitrogen functional groups attached to an aromatic ring is 1. The highest BCUT2D eigenvalue weighted by atomic mass is 16.6. The van der Waals surface area contributed by atoms with Gasteiger partial charge in [-0.3, -0.25) is 15.1 Å². The van der Waals surface area contributed by atoms with Crippen molar-refractivity contribution in [1.29, 1.82) is 0 Å². The van der Waals surface area contributed by atoms with Crippen LogP contribution in [0.1, 0.15) is 0 Å². The van der Waals surface area contributed by atoms with Crippen molar-refractivity contribution in [3.8, 4) is 0 Å². The summed E-state index contributed by atoms with van der Waals surface area (Å²) < 4.78 is 0. The summed E-state index contributed by atoms with van der Waals surface area (Å²) in [6, 6.07) is 14.2. The summed E-state index contributed by atoms with van der Waals surface area (Å²) in [4.78, 5) is 15.0. The van der Waals surface area contributed by atoms with Gasteiger partial charge in [0.2, 0.25) is 0 Å². The Morgan fingerprint density at radius 3 is 2.57 bits per heavy atom. The van der Waals surface area contributed by atoms with Gasteiger partial charge in [0.05, 0.1) is 16.1 Å². The van der Waals surface area contributed by atoms with Crippen molar-refractivity contribution in [2.75, 3.05) is 11.1 Å². The molecule has 2 aromatic carbocycles. The normalized spacial score (nSPS) is 10.5. The van der Waals surface area contributed by atoms with Gasteiger partial charge in [0, 0.05) is 11.6 Å². The molecule has 0 saturated heterocycles. The SMILES string of the molecule is Nc1cccc(Nc2cccc3cccnc23)c1[N+](=O)[O-]. The van der Waals surface area contributed by atoms with Crippen molar-refractivity contribution in [3.05, 3.63) is 64.8 Å². The van der Waals surface area contributed by atoms with E-state index >= 15 is 0 Å². The summed E-state index contributed by atoms with van der Waals surface area (Å²) in [7, 11) is 0. The summed E-state index contributed by atoms with van der Waals surface area (Å²) in [5.41, 5.74) is 7.47. The van der Waals surface area contributed by atoms with E-state index in [-0.39, 0.29) is 11.4 Å². The maximum absolute atomic E-state index is 11.2. The lowest BCUT2D eigenvalue weighted by Gasteiger charge is -2.10. The first kappa shape index (κ1) is 12.9. The van der Waals surface area contributed by atoms with E-state index in [1.807, 2.05) is 30.3 Å². The van der Waals surface area contributed by atoms with E-state index in [2.05, 4.69) is 10.3 Å². The number of nitrogens with two attached hydrogens (primary N) is 1. The zero-order valence-corrected chi connectivity index (χ0v) is 11.0. The number of benzene rings is 2. The lowest BCUT2D eigenvalue weighted by molar-refractivity contribution is -0.383. The van der Waals surface area contributed by atoms with E-state index < -0.39 is 4.92 Å². The number of aromatic nitrogens is 1. The van der Waals surface area contributed by atoms with Crippen LogP contribution in [0.25, 0.3) is 10.9 Å². The molecule has 1 aromatic heterocycles. The molecule has 3 rings (SSSR count). The fourth-order valence-electron chi connectivity index (χ4n) is 2.22. The molecule has 0 spiro atoms. The van der Waals surface area contributed by atoms with E-state index in [0.717, 1.165) is 10.9 Å². The molecule has 0 saturated carbocycles. The van der Waals surface area contributed by atoms with Crippen molar-refractivity contribution in [1.82, 2.24) is 4.98 Å². The van der Waals surface area contributed by atoms with Gasteiger partial charge < -0.3 is 11.1 Å². The number of pyridine rings is 1. The molecular weight excluding hydrogens is 268 g/mol. The minimum atomic E-state index is -0.490. The lowest BCUT2D eigenvalue weighted by atomic mass is 10.1. The number of anilines is 3. The van der Waals surface area contributed by atoms with Crippen LogP contribution in [0.5, 0.6) is 0 Å². The van der Waals surface area contributed by atoms with Crippen LogP contribution >= 0.6 is 0 Å². The average molecular weight is 280 g/mol. The van der Waals surface area contributed by atoms with Gasteiger partial charge in [0.25, 0.3) is 0 Å². The van der Waals surface area contributed by atoms with Crippen LogP contribution < -0.4 is 11.1 Å².